The fourth-order valence-electron chi connectivity index (χ4n) is 12.3. The summed E-state index contributed by atoms with van der Waals surface area (Å²) in [5.74, 6) is 5.09. The largest absolute Gasteiger partial charge is 0.493 e. The van der Waals surface area contributed by atoms with Gasteiger partial charge in [0.15, 0.2) is 11.5 Å². The second-order valence-electron chi connectivity index (χ2n) is 20.1. The van der Waals surface area contributed by atoms with Crippen LogP contribution in [0, 0.1) is 17.8 Å². The number of morpholine rings is 1. The number of carbonyl (C=O) groups excluding carboxylic acids is 4. The molecule has 0 saturated carbocycles. The Morgan fingerprint density at radius 3 is 2.13 bits per heavy atom. The standard InChI is InChI=1S/C63H60N4O9/c1-40(43-18-10-5-11-19-43)64-62(72)66-51-31-26-42(25-24-41-16-8-4-9-17-41)36-50(51)63(61(66)71)54(59(69)65-33-32-47-37-52(73-2)53(74-3)38-48(47)39-65)56-60(70)76-57(45-22-14-7-15-23-45)55(44-20-12-6-13-21-44)67(56)58(63)46-27-29-49(30-28-46)75-35-34-68/h5-7,10-16,18-23,26-31,36-38,40,54-58,68H,4,8-9,17,32-35,39H2,1-3H3,(H,64,72)/t40-,54+,55+,56+,57-,58-,63+/m1/s1. The van der Waals surface area contributed by atoms with Gasteiger partial charge in [-0.25, -0.2) is 9.69 Å². The smallest absolute Gasteiger partial charge is 0.329 e. The SMILES string of the molecule is COc1cc2c(cc1OC)CN(C(=O)[C@@H]1[C@H]3C(=O)O[C@H](c4ccccc4)[C@H](c4ccccc4)N3[C@H](c3ccc(OCCO)cc3)[C@@]13C(=O)N(C(=O)N[C@H](C)c1ccccc1)c1ccc(C#CC4=CCCCC4)cc13)CC2. The molecule has 0 unspecified atom stereocenters. The van der Waals surface area contributed by atoms with E-state index in [-0.39, 0.29) is 32.0 Å². The van der Waals surface area contributed by atoms with Crippen LogP contribution in [0.2, 0.25) is 0 Å². The number of amides is 4. The number of imide groups is 1. The maximum atomic E-state index is 17.0. The van der Waals surface area contributed by atoms with E-state index in [2.05, 4.69) is 23.2 Å². The van der Waals surface area contributed by atoms with Gasteiger partial charge < -0.3 is 34.3 Å². The lowest BCUT2D eigenvalue weighted by atomic mass is 9.64. The molecule has 4 heterocycles. The summed E-state index contributed by atoms with van der Waals surface area (Å²) in [5, 5.41) is 12.9. The van der Waals surface area contributed by atoms with Crippen LogP contribution < -0.4 is 24.4 Å². The van der Waals surface area contributed by atoms with E-state index in [0.29, 0.717) is 40.4 Å². The Morgan fingerprint density at radius 1 is 0.776 bits per heavy atom. The molecule has 2 fully saturated rings. The van der Waals surface area contributed by atoms with E-state index in [1.807, 2.05) is 139 Å². The number of hydrogen-bond acceptors (Lipinski definition) is 10. The number of esters is 1. The van der Waals surface area contributed by atoms with Crippen molar-refractivity contribution in [1.82, 2.24) is 15.1 Å². The van der Waals surface area contributed by atoms with Crippen LogP contribution in [0.15, 0.2) is 157 Å². The van der Waals surface area contributed by atoms with Gasteiger partial charge in [-0.05, 0) is 126 Å². The molecule has 5 aliphatic rings. The molecule has 6 aromatic carbocycles. The zero-order chi connectivity index (χ0) is 52.5. The van der Waals surface area contributed by atoms with Crippen LogP contribution in [0.3, 0.4) is 0 Å². The first kappa shape index (κ1) is 50.0. The minimum absolute atomic E-state index is 0.0494. The number of benzene rings is 6. The Morgan fingerprint density at radius 2 is 1.46 bits per heavy atom. The van der Waals surface area contributed by atoms with Gasteiger partial charge in [-0.1, -0.05) is 121 Å². The highest BCUT2D eigenvalue weighted by Crippen LogP contribution is 2.66. The molecular formula is C63H60N4O9. The third-order valence-corrected chi connectivity index (χ3v) is 15.8. The number of aliphatic hydroxyl groups is 1. The van der Waals surface area contributed by atoms with E-state index in [1.165, 1.54) is 4.90 Å². The van der Waals surface area contributed by atoms with Crippen molar-refractivity contribution >= 4 is 29.5 Å². The number of cyclic esters (lactones) is 1. The van der Waals surface area contributed by atoms with Crippen molar-refractivity contribution in [1.29, 1.82) is 0 Å². The zero-order valence-corrected chi connectivity index (χ0v) is 42.8. The van der Waals surface area contributed by atoms with Crippen LogP contribution in [-0.2, 0) is 37.5 Å². The molecule has 13 heteroatoms. The Bertz CT molecular complexity index is 3260. The van der Waals surface area contributed by atoms with Crippen LogP contribution in [-0.4, -0.2) is 78.7 Å². The lowest BCUT2D eigenvalue weighted by Gasteiger charge is -2.46. The summed E-state index contributed by atoms with van der Waals surface area (Å²) in [5.41, 5.74) is 5.02. The first-order valence-electron chi connectivity index (χ1n) is 26.1. The molecule has 11 rings (SSSR count). The first-order chi connectivity index (χ1) is 37.1. The molecule has 2 N–H and O–H groups in total. The van der Waals surface area contributed by atoms with Crippen molar-refractivity contribution in [3.63, 3.8) is 0 Å². The van der Waals surface area contributed by atoms with Crippen molar-refractivity contribution in [3.8, 4) is 29.1 Å². The van der Waals surface area contributed by atoms with E-state index in [1.54, 1.807) is 37.3 Å². The van der Waals surface area contributed by atoms with E-state index in [9.17, 15) is 5.11 Å². The summed E-state index contributed by atoms with van der Waals surface area (Å²) in [4.78, 5) is 69.9. The molecule has 0 bridgehead atoms. The van der Waals surface area contributed by atoms with Gasteiger partial charge in [-0.3, -0.25) is 19.3 Å². The van der Waals surface area contributed by atoms with Crippen LogP contribution in [0.4, 0.5) is 10.5 Å². The van der Waals surface area contributed by atoms with Crippen molar-refractivity contribution in [2.45, 2.75) is 81.3 Å². The summed E-state index contributed by atoms with van der Waals surface area (Å²) in [6, 6.07) is 40.8. The summed E-state index contributed by atoms with van der Waals surface area (Å²) < 4.78 is 24.1. The number of aliphatic hydroxyl groups excluding tert-OH is 1. The van der Waals surface area contributed by atoms with E-state index in [0.717, 1.165) is 59.1 Å². The summed E-state index contributed by atoms with van der Waals surface area (Å²) in [6.07, 6.45) is 5.64. The highest BCUT2D eigenvalue weighted by Gasteiger charge is 2.76. The average molecular weight is 1020 g/mol. The maximum absolute atomic E-state index is 17.0. The number of allylic oxidation sites excluding steroid dienone is 2. The molecule has 386 valence electrons. The van der Waals surface area contributed by atoms with Crippen molar-refractivity contribution in [2.75, 3.05) is 38.9 Å². The molecule has 0 radical (unpaired) electrons. The van der Waals surface area contributed by atoms with Crippen molar-refractivity contribution < 1.29 is 43.2 Å². The second-order valence-corrected chi connectivity index (χ2v) is 20.1. The molecule has 4 aliphatic heterocycles. The molecule has 1 spiro atoms. The second kappa shape index (κ2) is 21.2. The number of nitrogens with zero attached hydrogens (tertiary/aromatic N) is 3. The predicted molar refractivity (Wildman–Crippen MR) is 286 cm³/mol. The fraction of sp³-hybridized carbons (Fsp3) is 0.302. The van der Waals surface area contributed by atoms with Gasteiger partial charge in [-0.2, -0.15) is 0 Å². The quantitative estimate of drug-likeness (QED) is 0.0950. The Labute approximate surface area is 443 Å². The third kappa shape index (κ3) is 8.85. The third-order valence-electron chi connectivity index (χ3n) is 15.8. The average Bonchev–Trinajstić information content (AvgIpc) is 3.95. The first-order valence-corrected chi connectivity index (χ1v) is 26.1. The number of hydrogen-bond donors (Lipinski definition) is 2. The number of methoxy groups -OCH3 is 2. The number of nitrogens with one attached hydrogen (secondary N) is 1. The van der Waals surface area contributed by atoms with Gasteiger partial charge in [-0.15, -0.1) is 0 Å². The van der Waals surface area contributed by atoms with Gasteiger partial charge in [0.2, 0.25) is 11.8 Å². The molecule has 0 aromatic heterocycles. The molecule has 1 aliphatic carbocycles. The number of anilines is 1. The number of urea groups is 1. The van der Waals surface area contributed by atoms with Gasteiger partial charge >= 0.3 is 12.0 Å². The predicted octanol–water partition coefficient (Wildman–Crippen LogP) is 9.65. The molecular weight excluding hydrogens is 957 g/mol. The monoisotopic (exact) mass is 1020 g/mol. The van der Waals surface area contributed by atoms with E-state index >= 15 is 19.2 Å². The van der Waals surface area contributed by atoms with Crippen LogP contribution in [0.25, 0.3) is 0 Å². The lowest BCUT2D eigenvalue weighted by Crippen LogP contribution is -2.57. The van der Waals surface area contributed by atoms with E-state index in [4.69, 9.17) is 18.9 Å². The van der Waals surface area contributed by atoms with Crippen LogP contribution in [0.1, 0.15) is 101 Å². The highest BCUT2D eigenvalue weighted by molar-refractivity contribution is 6.24. The van der Waals surface area contributed by atoms with Crippen LogP contribution >= 0.6 is 0 Å². The Balaban J connectivity index is 1.18. The molecule has 4 amide bonds. The molecule has 6 aromatic rings. The van der Waals surface area contributed by atoms with Crippen LogP contribution in [0.5, 0.6) is 17.2 Å². The van der Waals surface area contributed by atoms with Crippen molar-refractivity contribution in [3.05, 3.63) is 202 Å². The summed E-state index contributed by atoms with van der Waals surface area (Å²) in [6.45, 7) is 2.10. The Kier molecular flexibility index (Phi) is 14.0. The number of ether oxygens (including phenoxy) is 4. The summed E-state index contributed by atoms with van der Waals surface area (Å²) >= 11 is 0. The minimum Gasteiger partial charge on any atom is -0.493 e. The number of rotatable bonds is 11. The van der Waals surface area contributed by atoms with Crippen molar-refractivity contribution in [2.24, 2.45) is 5.92 Å². The minimum atomic E-state index is -1.99. The maximum Gasteiger partial charge on any atom is 0.329 e. The van der Waals surface area contributed by atoms with Gasteiger partial charge in [0.25, 0.3) is 0 Å². The lowest BCUT2D eigenvalue weighted by molar-refractivity contribution is -0.179. The molecule has 7 atom stereocenters. The molecule has 2 saturated heterocycles. The zero-order valence-electron chi connectivity index (χ0n) is 42.8. The summed E-state index contributed by atoms with van der Waals surface area (Å²) in [7, 11) is 3.15. The number of carbonyl (C=O) groups is 4. The van der Waals surface area contributed by atoms with Gasteiger partial charge in [0, 0.05) is 18.7 Å². The Hall–Kier alpha value is -8.18. The van der Waals surface area contributed by atoms with E-state index < -0.39 is 65.4 Å². The normalized spacial score (nSPS) is 23.0. The highest BCUT2D eigenvalue weighted by atomic mass is 16.6. The van der Waals surface area contributed by atoms with Gasteiger partial charge in [0.1, 0.15) is 29.9 Å². The number of fused-ring (bicyclic) bond motifs is 4. The van der Waals surface area contributed by atoms with Gasteiger partial charge in [0.05, 0.1) is 50.6 Å². The molecule has 13 nitrogen and oxygen atoms in total. The topological polar surface area (TPSA) is 147 Å². The molecule has 76 heavy (non-hydrogen) atoms. The fourth-order valence-corrected chi connectivity index (χ4v) is 12.3.